The summed E-state index contributed by atoms with van der Waals surface area (Å²) in [6, 6.07) is 3.51. The van der Waals surface area contributed by atoms with Crippen LogP contribution in [-0.4, -0.2) is 18.2 Å². The minimum absolute atomic E-state index is 0.492. The highest BCUT2D eigenvalue weighted by molar-refractivity contribution is 6.31. The summed E-state index contributed by atoms with van der Waals surface area (Å²) in [7, 11) is 1.23. The van der Waals surface area contributed by atoms with Crippen molar-refractivity contribution in [1.29, 1.82) is 0 Å². The van der Waals surface area contributed by atoms with Gasteiger partial charge >= 0.3 is 5.97 Å². The molecule has 0 spiro atoms. The molecule has 1 unspecified atom stereocenters. The number of aliphatic hydroxyl groups excluding tert-OH is 1. The van der Waals surface area contributed by atoms with Gasteiger partial charge in [-0.15, -0.1) is 0 Å². The van der Waals surface area contributed by atoms with Crippen LogP contribution >= 0.6 is 11.6 Å². The van der Waals surface area contributed by atoms with E-state index >= 15 is 0 Å². The van der Waals surface area contributed by atoms with Gasteiger partial charge in [-0.2, -0.15) is 0 Å². The Morgan fingerprint density at radius 2 is 2.07 bits per heavy atom. The van der Waals surface area contributed by atoms with Gasteiger partial charge < -0.3 is 9.84 Å². The number of esters is 1. The number of benzene rings is 1. The van der Waals surface area contributed by atoms with Crippen molar-refractivity contribution in [2.24, 2.45) is 0 Å². The molecule has 1 atom stereocenters. The van der Waals surface area contributed by atoms with Crippen molar-refractivity contribution in [3.8, 4) is 0 Å². The van der Waals surface area contributed by atoms with Crippen LogP contribution in [0.25, 0.3) is 0 Å². The molecule has 0 aliphatic carbocycles. The molecular formula is C11H13ClO3. The maximum absolute atomic E-state index is 11.2. The number of ether oxygens (including phenoxy) is 1. The largest absolute Gasteiger partial charge is 0.467 e. The molecule has 0 radical (unpaired) electrons. The van der Waals surface area contributed by atoms with E-state index in [-0.39, 0.29) is 0 Å². The van der Waals surface area contributed by atoms with Gasteiger partial charge in [0.15, 0.2) is 6.10 Å². The van der Waals surface area contributed by atoms with Gasteiger partial charge in [0.25, 0.3) is 0 Å². The van der Waals surface area contributed by atoms with E-state index in [0.717, 1.165) is 5.56 Å². The lowest BCUT2D eigenvalue weighted by Crippen LogP contribution is -2.14. The highest BCUT2D eigenvalue weighted by atomic mass is 35.5. The molecule has 1 rings (SSSR count). The van der Waals surface area contributed by atoms with Crippen molar-refractivity contribution in [2.45, 2.75) is 20.0 Å². The molecule has 4 heteroatoms. The molecule has 0 heterocycles. The first-order valence-corrected chi connectivity index (χ1v) is 4.87. The summed E-state index contributed by atoms with van der Waals surface area (Å²) in [5.41, 5.74) is 2.08. The van der Waals surface area contributed by atoms with Crippen LogP contribution in [0.5, 0.6) is 0 Å². The number of carbonyl (C=O) groups excluding carboxylic acids is 1. The second-order valence-corrected chi connectivity index (χ2v) is 3.79. The molecule has 0 fully saturated rings. The first-order valence-electron chi connectivity index (χ1n) is 4.50. The number of hydrogen-bond acceptors (Lipinski definition) is 3. The molecule has 0 saturated heterocycles. The van der Waals surface area contributed by atoms with Crippen molar-refractivity contribution >= 4 is 17.6 Å². The summed E-state index contributed by atoms with van der Waals surface area (Å²) in [4.78, 5) is 11.2. The van der Waals surface area contributed by atoms with Gasteiger partial charge in [-0.3, -0.25) is 0 Å². The fourth-order valence-electron chi connectivity index (χ4n) is 1.36. The number of methoxy groups -OCH3 is 1. The van der Waals surface area contributed by atoms with Crippen LogP contribution in [0.2, 0.25) is 5.02 Å². The Bertz CT molecular complexity index is 388. The molecule has 0 aliphatic heterocycles. The molecule has 1 N–H and O–H groups in total. The molecule has 82 valence electrons. The van der Waals surface area contributed by atoms with Gasteiger partial charge in [0.05, 0.1) is 7.11 Å². The van der Waals surface area contributed by atoms with Crippen molar-refractivity contribution in [3.63, 3.8) is 0 Å². The molecule has 0 amide bonds. The highest BCUT2D eigenvalue weighted by Crippen LogP contribution is 2.26. The lowest BCUT2D eigenvalue weighted by atomic mass is 10.0. The second-order valence-electron chi connectivity index (χ2n) is 3.39. The molecule has 15 heavy (non-hydrogen) atoms. The average Bonchev–Trinajstić information content (AvgIpc) is 2.21. The van der Waals surface area contributed by atoms with Crippen LogP contribution in [0, 0.1) is 13.8 Å². The average molecular weight is 229 g/mol. The fraction of sp³-hybridized carbons (Fsp3) is 0.364. The van der Waals surface area contributed by atoms with Gasteiger partial charge in [0, 0.05) is 5.02 Å². The first-order chi connectivity index (χ1) is 6.97. The standard InChI is InChI=1S/C11H13ClO3/c1-6-4-8(7(2)9(12)5-6)10(13)11(14)15-3/h4-5,10,13H,1-3H3. The van der Waals surface area contributed by atoms with E-state index in [0.29, 0.717) is 16.1 Å². The lowest BCUT2D eigenvalue weighted by molar-refractivity contribution is -0.150. The SMILES string of the molecule is COC(=O)C(O)c1cc(C)cc(Cl)c1C. The van der Waals surface area contributed by atoms with Crippen molar-refractivity contribution in [2.75, 3.05) is 7.11 Å². The molecular weight excluding hydrogens is 216 g/mol. The quantitative estimate of drug-likeness (QED) is 0.790. The van der Waals surface area contributed by atoms with Gasteiger partial charge in [-0.05, 0) is 36.6 Å². The zero-order valence-corrected chi connectivity index (χ0v) is 9.63. The third-order valence-electron chi connectivity index (χ3n) is 2.25. The number of carbonyl (C=O) groups is 1. The van der Waals surface area contributed by atoms with E-state index in [2.05, 4.69) is 4.74 Å². The zero-order valence-electron chi connectivity index (χ0n) is 8.87. The van der Waals surface area contributed by atoms with Crippen LogP contribution in [0.1, 0.15) is 22.8 Å². The van der Waals surface area contributed by atoms with Gasteiger partial charge in [-0.25, -0.2) is 4.79 Å². The minimum Gasteiger partial charge on any atom is -0.467 e. The van der Waals surface area contributed by atoms with Crippen LogP contribution in [0.3, 0.4) is 0 Å². The van der Waals surface area contributed by atoms with Crippen LogP contribution < -0.4 is 0 Å². The normalized spacial score (nSPS) is 12.3. The third kappa shape index (κ3) is 2.49. The van der Waals surface area contributed by atoms with E-state index in [9.17, 15) is 9.90 Å². The zero-order chi connectivity index (χ0) is 11.6. The maximum atomic E-state index is 11.2. The second kappa shape index (κ2) is 4.64. The predicted molar refractivity (Wildman–Crippen MR) is 57.9 cm³/mol. The van der Waals surface area contributed by atoms with E-state index in [1.165, 1.54) is 7.11 Å². The van der Waals surface area contributed by atoms with E-state index in [1.807, 2.05) is 6.92 Å². The summed E-state index contributed by atoms with van der Waals surface area (Å²) in [6.07, 6.45) is -1.27. The number of aliphatic hydroxyl groups is 1. The van der Waals surface area contributed by atoms with Gasteiger partial charge in [0.2, 0.25) is 0 Å². The Labute approximate surface area is 93.6 Å². The molecule has 0 bridgehead atoms. The Morgan fingerprint density at radius 3 is 2.60 bits per heavy atom. The molecule has 0 saturated carbocycles. The molecule has 1 aromatic rings. The van der Waals surface area contributed by atoms with Gasteiger partial charge in [-0.1, -0.05) is 17.7 Å². The summed E-state index contributed by atoms with van der Waals surface area (Å²) in [5.74, 6) is -0.681. The summed E-state index contributed by atoms with van der Waals surface area (Å²) in [6.45, 7) is 3.60. The predicted octanol–water partition coefficient (Wildman–Crippen LogP) is 2.16. The molecule has 1 aromatic carbocycles. The molecule has 0 aromatic heterocycles. The Morgan fingerprint density at radius 1 is 1.47 bits per heavy atom. The van der Waals surface area contributed by atoms with Crippen molar-refractivity contribution in [1.82, 2.24) is 0 Å². The monoisotopic (exact) mass is 228 g/mol. The fourth-order valence-corrected chi connectivity index (χ4v) is 1.65. The third-order valence-corrected chi connectivity index (χ3v) is 2.64. The van der Waals surface area contributed by atoms with Crippen LogP contribution in [0.4, 0.5) is 0 Å². The smallest absolute Gasteiger partial charge is 0.339 e. The minimum atomic E-state index is -1.27. The number of aryl methyl sites for hydroxylation is 1. The van der Waals surface area contributed by atoms with E-state index < -0.39 is 12.1 Å². The summed E-state index contributed by atoms with van der Waals surface area (Å²) in [5, 5.41) is 10.2. The van der Waals surface area contributed by atoms with Gasteiger partial charge in [0.1, 0.15) is 0 Å². The Kier molecular flexibility index (Phi) is 3.72. The number of rotatable bonds is 2. The van der Waals surface area contributed by atoms with E-state index in [1.54, 1.807) is 19.1 Å². The maximum Gasteiger partial charge on any atom is 0.339 e. The number of hydrogen-bond donors (Lipinski definition) is 1. The van der Waals surface area contributed by atoms with Crippen LogP contribution in [-0.2, 0) is 9.53 Å². The van der Waals surface area contributed by atoms with Crippen molar-refractivity contribution < 1.29 is 14.6 Å². The lowest BCUT2D eigenvalue weighted by Gasteiger charge is -2.13. The molecule has 0 aliphatic rings. The highest BCUT2D eigenvalue weighted by Gasteiger charge is 2.21. The number of halogens is 1. The first kappa shape index (κ1) is 12.0. The Hall–Kier alpha value is -1.06. The topological polar surface area (TPSA) is 46.5 Å². The Balaban J connectivity index is 3.19. The van der Waals surface area contributed by atoms with E-state index in [4.69, 9.17) is 11.6 Å². The van der Waals surface area contributed by atoms with Crippen LogP contribution in [0.15, 0.2) is 12.1 Å². The molecule has 3 nitrogen and oxygen atoms in total. The van der Waals surface area contributed by atoms with Crippen molar-refractivity contribution in [3.05, 3.63) is 33.8 Å². The summed E-state index contributed by atoms with van der Waals surface area (Å²) >= 11 is 5.95. The summed E-state index contributed by atoms with van der Waals surface area (Å²) < 4.78 is 4.47.